The molecule has 7 heteroatoms. The van der Waals surface area contributed by atoms with Gasteiger partial charge in [-0.3, -0.25) is 9.88 Å². The SMILES string of the molecule is CC(C)c1noc(CN2CCNCC2c2cccnc2)n1.Cl. The first kappa shape index (κ1) is 16.9. The maximum absolute atomic E-state index is 5.37. The molecule has 1 fully saturated rings. The molecule has 1 aliphatic heterocycles. The Labute approximate surface area is 136 Å². The van der Waals surface area contributed by atoms with Gasteiger partial charge in [-0.05, 0) is 11.6 Å². The van der Waals surface area contributed by atoms with Gasteiger partial charge in [0.05, 0.1) is 6.54 Å². The molecule has 3 rings (SSSR count). The van der Waals surface area contributed by atoms with Gasteiger partial charge in [-0.2, -0.15) is 4.98 Å². The van der Waals surface area contributed by atoms with Gasteiger partial charge in [-0.25, -0.2) is 0 Å². The average Bonchev–Trinajstić information content (AvgIpc) is 2.98. The second kappa shape index (κ2) is 7.67. The van der Waals surface area contributed by atoms with Crippen molar-refractivity contribution in [2.75, 3.05) is 19.6 Å². The molecular weight excluding hydrogens is 302 g/mol. The fraction of sp³-hybridized carbons (Fsp3) is 0.533. The molecule has 0 aliphatic carbocycles. The summed E-state index contributed by atoms with van der Waals surface area (Å²) in [6.45, 7) is 7.66. The van der Waals surface area contributed by atoms with E-state index in [2.05, 4.69) is 45.3 Å². The molecule has 6 nitrogen and oxygen atoms in total. The fourth-order valence-corrected chi connectivity index (χ4v) is 2.58. The number of piperazine rings is 1. The molecule has 1 unspecified atom stereocenters. The number of hydrogen-bond donors (Lipinski definition) is 1. The Morgan fingerprint density at radius 2 is 2.32 bits per heavy atom. The van der Waals surface area contributed by atoms with Crippen LogP contribution >= 0.6 is 12.4 Å². The summed E-state index contributed by atoms with van der Waals surface area (Å²) in [6, 6.07) is 4.39. The van der Waals surface area contributed by atoms with Crippen LogP contribution < -0.4 is 5.32 Å². The van der Waals surface area contributed by atoms with Gasteiger partial charge < -0.3 is 9.84 Å². The van der Waals surface area contributed by atoms with Crippen LogP contribution in [0, 0.1) is 0 Å². The summed E-state index contributed by atoms with van der Waals surface area (Å²) >= 11 is 0. The summed E-state index contributed by atoms with van der Waals surface area (Å²) in [5.74, 6) is 1.76. The number of nitrogens with zero attached hydrogens (tertiary/aromatic N) is 4. The van der Waals surface area contributed by atoms with Crippen molar-refractivity contribution in [3.05, 3.63) is 41.8 Å². The van der Waals surface area contributed by atoms with Crippen LogP contribution in [0.15, 0.2) is 29.0 Å². The minimum absolute atomic E-state index is 0. The topological polar surface area (TPSA) is 67.1 Å². The number of hydrogen-bond acceptors (Lipinski definition) is 6. The normalized spacial score (nSPS) is 19.1. The van der Waals surface area contributed by atoms with Gasteiger partial charge in [0.25, 0.3) is 0 Å². The maximum Gasteiger partial charge on any atom is 0.240 e. The molecule has 1 N–H and O–H groups in total. The van der Waals surface area contributed by atoms with Gasteiger partial charge in [0.15, 0.2) is 5.82 Å². The van der Waals surface area contributed by atoms with E-state index in [1.165, 1.54) is 5.56 Å². The summed E-state index contributed by atoms with van der Waals surface area (Å²) in [6.07, 6.45) is 3.73. The van der Waals surface area contributed by atoms with E-state index >= 15 is 0 Å². The van der Waals surface area contributed by atoms with Crippen molar-refractivity contribution >= 4 is 12.4 Å². The van der Waals surface area contributed by atoms with Gasteiger partial charge >= 0.3 is 0 Å². The third kappa shape index (κ3) is 3.82. The highest BCUT2D eigenvalue weighted by Gasteiger charge is 2.25. The summed E-state index contributed by atoms with van der Waals surface area (Å²) in [7, 11) is 0. The molecule has 22 heavy (non-hydrogen) atoms. The molecule has 3 heterocycles. The lowest BCUT2D eigenvalue weighted by Crippen LogP contribution is -2.45. The zero-order chi connectivity index (χ0) is 14.7. The molecule has 2 aromatic rings. The highest BCUT2D eigenvalue weighted by molar-refractivity contribution is 5.85. The number of aromatic nitrogens is 3. The van der Waals surface area contributed by atoms with Crippen molar-refractivity contribution < 1.29 is 4.52 Å². The van der Waals surface area contributed by atoms with Crippen LogP contribution in [0.4, 0.5) is 0 Å². The number of halogens is 1. The minimum atomic E-state index is 0. The van der Waals surface area contributed by atoms with E-state index in [9.17, 15) is 0 Å². The molecule has 0 aromatic carbocycles. The quantitative estimate of drug-likeness (QED) is 0.930. The number of pyridine rings is 1. The highest BCUT2D eigenvalue weighted by atomic mass is 35.5. The zero-order valence-corrected chi connectivity index (χ0v) is 13.7. The average molecular weight is 324 g/mol. The van der Waals surface area contributed by atoms with Gasteiger partial charge in [0.1, 0.15) is 0 Å². The monoisotopic (exact) mass is 323 g/mol. The summed E-state index contributed by atoms with van der Waals surface area (Å²) < 4.78 is 5.37. The van der Waals surface area contributed by atoms with Gasteiger partial charge in [-0.15, -0.1) is 12.4 Å². The lowest BCUT2D eigenvalue weighted by molar-refractivity contribution is 0.135. The first-order valence-electron chi connectivity index (χ1n) is 7.41. The van der Waals surface area contributed by atoms with E-state index in [1.54, 1.807) is 6.20 Å². The van der Waals surface area contributed by atoms with Crippen LogP contribution in [0.25, 0.3) is 0 Å². The number of rotatable bonds is 4. The first-order chi connectivity index (χ1) is 10.2. The lowest BCUT2D eigenvalue weighted by Gasteiger charge is -2.35. The Kier molecular flexibility index (Phi) is 5.88. The molecule has 0 spiro atoms. The van der Waals surface area contributed by atoms with Gasteiger partial charge in [0.2, 0.25) is 5.89 Å². The van der Waals surface area contributed by atoms with Crippen LogP contribution in [-0.2, 0) is 6.54 Å². The standard InChI is InChI=1S/C15H21N5O.ClH/c1-11(2)15-18-14(21-19-15)10-20-7-6-17-9-13(20)12-4-3-5-16-8-12;/h3-5,8,11,13,17H,6-7,9-10H2,1-2H3;1H. The summed E-state index contributed by atoms with van der Waals surface area (Å²) in [4.78, 5) is 11.1. The maximum atomic E-state index is 5.37. The lowest BCUT2D eigenvalue weighted by atomic mass is 10.1. The van der Waals surface area contributed by atoms with Crippen LogP contribution in [0.3, 0.4) is 0 Å². The van der Waals surface area contributed by atoms with E-state index in [-0.39, 0.29) is 12.4 Å². The Hall–Kier alpha value is -1.50. The van der Waals surface area contributed by atoms with Crippen molar-refractivity contribution in [3.63, 3.8) is 0 Å². The van der Waals surface area contributed by atoms with Crippen molar-refractivity contribution in [2.45, 2.75) is 32.4 Å². The van der Waals surface area contributed by atoms with E-state index < -0.39 is 0 Å². The molecule has 120 valence electrons. The van der Waals surface area contributed by atoms with Crippen molar-refractivity contribution in [1.29, 1.82) is 0 Å². The van der Waals surface area contributed by atoms with Crippen molar-refractivity contribution in [1.82, 2.24) is 25.3 Å². The van der Waals surface area contributed by atoms with Gasteiger partial charge in [-0.1, -0.05) is 25.1 Å². The molecule has 0 amide bonds. The molecule has 1 atom stereocenters. The van der Waals surface area contributed by atoms with Crippen LogP contribution in [-0.4, -0.2) is 39.7 Å². The minimum Gasteiger partial charge on any atom is -0.338 e. The molecule has 0 radical (unpaired) electrons. The van der Waals surface area contributed by atoms with Gasteiger partial charge in [0, 0.05) is 44.0 Å². The van der Waals surface area contributed by atoms with E-state index in [4.69, 9.17) is 4.52 Å². The third-order valence-corrected chi connectivity index (χ3v) is 3.76. The van der Waals surface area contributed by atoms with Crippen LogP contribution in [0.5, 0.6) is 0 Å². The molecule has 1 aliphatic rings. The van der Waals surface area contributed by atoms with Crippen LogP contribution in [0.1, 0.15) is 43.1 Å². The second-order valence-corrected chi connectivity index (χ2v) is 5.68. The first-order valence-corrected chi connectivity index (χ1v) is 7.41. The number of nitrogens with one attached hydrogen (secondary N) is 1. The largest absolute Gasteiger partial charge is 0.338 e. The zero-order valence-electron chi connectivity index (χ0n) is 12.9. The molecule has 2 aromatic heterocycles. The van der Waals surface area contributed by atoms with Crippen molar-refractivity contribution in [3.8, 4) is 0 Å². The highest BCUT2D eigenvalue weighted by Crippen LogP contribution is 2.23. The van der Waals surface area contributed by atoms with E-state index in [0.29, 0.717) is 24.4 Å². The summed E-state index contributed by atoms with van der Waals surface area (Å²) in [5, 5.41) is 7.47. The summed E-state index contributed by atoms with van der Waals surface area (Å²) in [5.41, 5.74) is 1.22. The molecular formula is C15H22ClN5O. The third-order valence-electron chi connectivity index (χ3n) is 3.76. The predicted octanol–water partition coefficient (Wildman–Crippen LogP) is 2.16. The van der Waals surface area contributed by atoms with Crippen molar-refractivity contribution in [2.24, 2.45) is 0 Å². The van der Waals surface area contributed by atoms with Crippen LogP contribution in [0.2, 0.25) is 0 Å². The molecule has 0 saturated carbocycles. The molecule has 1 saturated heterocycles. The predicted molar refractivity (Wildman–Crippen MR) is 85.9 cm³/mol. The Bertz CT molecular complexity index is 574. The molecule has 0 bridgehead atoms. The van der Waals surface area contributed by atoms with E-state index in [1.807, 2.05) is 12.3 Å². The Morgan fingerprint density at radius 1 is 1.45 bits per heavy atom. The Morgan fingerprint density at radius 3 is 3.00 bits per heavy atom. The fourth-order valence-electron chi connectivity index (χ4n) is 2.58. The smallest absolute Gasteiger partial charge is 0.240 e. The Balaban J connectivity index is 0.00000176. The second-order valence-electron chi connectivity index (χ2n) is 5.68. The van der Waals surface area contributed by atoms with E-state index in [0.717, 1.165) is 25.5 Å².